The predicted molar refractivity (Wildman–Crippen MR) is 107 cm³/mol. The van der Waals surface area contributed by atoms with E-state index in [0.29, 0.717) is 24.4 Å². The van der Waals surface area contributed by atoms with Gasteiger partial charge in [-0.1, -0.05) is 26.7 Å². The molecule has 0 N–H and O–H groups in total. The van der Waals surface area contributed by atoms with Gasteiger partial charge in [-0.2, -0.15) is 0 Å². The molecule has 2 heteroatoms. The Morgan fingerprint density at radius 1 is 0.462 bits per heavy atom. The summed E-state index contributed by atoms with van der Waals surface area (Å²) in [6.45, 7) is 4.81. The van der Waals surface area contributed by atoms with Crippen LogP contribution in [0, 0.1) is 23.7 Å². The maximum absolute atomic E-state index is 6.75. The number of ether oxygens (including phenoxy) is 2. The molecule has 0 aliphatic heterocycles. The summed E-state index contributed by atoms with van der Waals surface area (Å²) in [5.41, 5.74) is 0. The molecule has 4 atom stereocenters. The van der Waals surface area contributed by atoms with Gasteiger partial charge in [-0.15, -0.1) is 0 Å². The fourth-order valence-electron chi connectivity index (χ4n) is 6.45. The molecule has 0 aromatic heterocycles. The number of fused-ring (bicyclic) bond motifs is 1. The van der Waals surface area contributed by atoms with Gasteiger partial charge in [0.05, 0.1) is 24.4 Å². The Kier molecular flexibility index (Phi) is 6.62. The quantitative estimate of drug-likeness (QED) is 0.567. The van der Waals surface area contributed by atoms with E-state index in [9.17, 15) is 0 Å². The minimum atomic E-state index is 0.532. The van der Waals surface area contributed by atoms with Crippen LogP contribution >= 0.6 is 0 Å². The molecule has 0 bridgehead atoms. The number of rotatable bonds is 4. The van der Waals surface area contributed by atoms with Crippen LogP contribution in [0.25, 0.3) is 0 Å². The Bertz CT molecular complexity index is 380. The molecule has 26 heavy (non-hydrogen) atoms. The van der Waals surface area contributed by atoms with Gasteiger partial charge in [0.15, 0.2) is 0 Å². The van der Waals surface area contributed by atoms with Crippen molar-refractivity contribution >= 4 is 0 Å². The van der Waals surface area contributed by atoms with E-state index in [1.165, 1.54) is 89.9 Å². The fourth-order valence-corrected chi connectivity index (χ4v) is 6.45. The standard InChI is InChI=1S/C24H42O2/c1-17-9-13-19(14-10-17)25-23-7-3-6-22-21(23)5-4-8-24(22)26-20-15-11-18(2)12-16-20/h17-24H,3-16H2,1-2H3. The molecular formula is C24H42O2. The van der Waals surface area contributed by atoms with Crippen LogP contribution in [0.15, 0.2) is 0 Å². The maximum Gasteiger partial charge on any atom is 0.0610 e. The third-order valence-corrected chi connectivity index (χ3v) is 8.22. The van der Waals surface area contributed by atoms with Gasteiger partial charge >= 0.3 is 0 Å². The molecule has 0 amide bonds. The smallest absolute Gasteiger partial charge is 0.0610 e. The Morgan fingerprint density at radius 2 is 0.846 bits per heavy atom. The lowest BCUT2D eigenvalue weighted by molar-refractivity contribution is -0.147. The minimum Gasteiger partial charge on any atom is -0.375 e. The summed E-state index contributed by atoms with van der Waals surface area (Å²) in [7, 11) is 0. The van der Waals surface area contributed by atoms with Crippen molar-refractivity contribution in [1.82, 2.24) is 0 Å². The zero-order chi connectivity index (χ0) is 17.9. The normalized spacial score (nSPS) is 47.3. The first kappa shape index (κ1) is 19.2. The van der Waals surface area contributed by atoms with Gasteiger partial charge in [-0.3, -0.25) is 0 Å². The topological polar surface area (TPSA) is 18.5 Å². The number of hydrogen-bond donors (Lipinski definition) is 0. The summed E-state index contributed by atoms with van der Waals surface area (Å²) < 4.78 is 13.5. The lowest BCUT2D eigenvalue weighted by Gasteiger charge is -2.47. The molecule has 4 unspecified atom stereocenters. The fraction of sp³-hybridized carbons (Fsp3) is 1.00. The van der Waals surface area contributed by atoms with Crippen LogP contribution in [-0.4, -0.2) is 24.4 Å². The highest BCUT2D eigenvalue weighted by atomic mass is 16.5. The Labute approximate surface area is 161 Å². The van der Waals surface area contributed by atoms with Gasteiger partial charge in [0, 0.05) is 0 Å². The van der Waals surface area contributed by atoms with Gasteiger partial charge in [0.2, 0.25) is 0 Å². The van der Waals surface area contributed by atoms with Crippen LogP contribution in [0.5, 0.6) is 0 Å². The summed E-state index contributed by atoms with van der Waals surface area (Å²) in [4.78, 5) is 0. The molecule has 0 saturated heterocycles. The van der Waals surface area contributed by atoms with Crippen LogP contribution in [0.1, 0.15) is 104 Å². The van der Waals surface area contributed by atoms with Crippen molar-refractivity contribution in [2.45, 2.75) is 128 Å². The minimum absolute atomic E-state index is 0.532. The second-order valence-electron chi connectivity index (χ2n) is 10.3. The summed E-state index contributed by atoms with van der Waals surface area (Å²) in [6, 6.07) is 0. The summed E-state index contributed by atoms with van der Waals surface area (Å²) in [5.74, 6) is 3.40. The lowest BCUT2D eigenvalue weighted by atomic mass is 9.67. The van der Waals surface area contributed by atoms with E-state index in [4.69, 9.17) is 9.47 Å². The Hall–Kier alpha value is -0.0800. The SMILES string of the molecule is CC1CCC(OC2CCCC3C(OC4CCC(C)CC4)CCCC23)CC1. The highest BCUT2D eigenvalue weighted by Crippen LogP contribution is 2.45. The average Bonchev–Trinajstić information content (AvgIpc) is 2.66. The monoisotopic (exact) mass is 362 g/mol. The van der Waals surface area contributed by atoms with Crippen LogP contribution < -0.4 is 0 Å². The molecule has 4 saturated carbocycles. The maximum atomic E-state index is 6.75. The highest BCUT2D eigenvalue weighted by molar-refractivity contribution is 4.92. The molecule has 0 radical (unpaired) electrons. The zero-order valence-corrected chi connectivity index (χ0v) is 17.3. The molecule has 150 valence electrons. The van der Waals surface area contributed by atoms with E-state index in [-0.39, 0.29) is 0 Å². The molecule has 0 heterocycles. The van der Waals surface area contributed by atoms with Crippen LogP contribution in [0.3, 0.4) is 0 Å². The van der Waals surface area contributed by atoms with Crippen molar-refractivity contribution in [3.05, 3.63) is 0 Å². The molecule has 4 aliphatic carbocycles. The van der Waals surface area contributed by atoms with E-state index < -0.39 is 0 Å². The van der Waals surface area contributed by atoms with Crippen molar-refractivity contribution in [2.24, 2.45) is 23.7 Å². The molecule has 0 aromatic rings. The van der Waals surface area contributed by atoms with Crippen molar-refractivity contribution in [3.63, 3.8) is 0 Å². The molecule has 4 fully saturated rings. The average molecular weight is 363 g/mol. The first-order chi connectivity index (χ1) is 12.7. The van der Waals surface area contributed by atoms with Crippen molar-refractivity contribution in [3.8, 4) is 0 Å². The molecule has 2 nitrogen and oxygen atoms in total. The van der Waals surface area contributed by atoms with E-state index in [0.717, 1.165) is 23.7 Å². The number of hydrogen-bond acceptors (Lipinski definition) is 2. The van der Waals surface area contributed by atoms with E-state index >= 15 is 0 Å². The second-order valence-corrected chi connectivity index (χ2v) is 10.3. The summed E-state index contributed by atoms with van der Waals surface area (Å²) >= 11 is 0. The highest BCUT2D eigenvalue weighted by Gasteiger charge is 2.42. The Balaban J connectivity index is 1.32. The van der Waals surface area contributed by atoms with Gasteiger partial charge in [0.25, 0.3) is 0 Å². The largest absolute Gasteiger partial charge is 0.375 e. The first-order valence-corrected chi connectivity index (χ1v) is 12.0. The molecule has 0 spiro atoms. The molecule has 4 rings (SSSR count). The summed E-state index contributed by atoms with van der Waals surface area (Å²) in [5, 5.41) is 0. The van der Waals surface area contributed by atoms with Crippen LogP contribution in [0.4, 0.5) is 0 Å². The zero-order valence-electron chi connectivity index (χ0n) is 17.3. The van der Waals surface area contributed by atoms with Crippen molar-refractivity contribution < 1.29 is 9.47 Å². The first-order valence-electron chi connectivity index (χ1n) is 12.0. The van der Waals surface area contributed by atoms with E-state index in [1.807, 2.05) is 0 Å². The van der Waals surface area contributed by atoms with Crippen LogP contribution in [0.2, 0.25) is 0 Å². The third kappa shape index (κ3) is 4.66. The van der Waals surface area contributed by atoms with E-state index in [1.54, 1.807) is 0 Å². The van der Waals surface area contributed by atoms with Crippen molar-refractivity contribution in [2.75, 3.05) is 0 Å². The molecular weight excluding hydrogens is 320 g/mol. The lowest BCUT2D eigenvalue weighted by Crippen LogP contribution is -2.46. The third-order valence-electron chi connectivity index (χ3n) is 8.22. The van der Waals surface area contributed by atoms with Crippen LogP contribution in [-0.2, 0) is 9.47 Å². The van der Waals surface area contributed by atoms with Gasteiger partial charge in [-0.05, 0) is 101 Å². The second kappa shape index (κ2) is 8.95. The van der Waals surface area contributed by atoms with Crippen molar-refractivity contribution in [1.29, 1.82) is 0 Å². The predicted octanol–water partition coefficient (Wildman–Crippen LogP) is 6.51. The molecule has 4 aliphatic rings. The van der Waals surface area contributed by atoms with Gasteiger partial charge in [-0.25, -0.2) is 0 Å². The van der Waals surface area contributed by atoms with Gasteiger partial charge < -0.3 is 9.47 Å². The molecule has 0 aromatic carbocycles. The van der Waals surface area contributed by atoms with E-state index in [2.05, 4.69) is 13.8 Å². The Morgan fingerprint density at radius 3 is 1.23 bits per heavy atom. The van der Waals surface area contributed by atoms with Gasteiger partial charge in [0.1, 0.15) is 0 Å². The summed E-state index contributed by atoms with van der Waals surface area (Å²) in [6.07, 6.45) is 21.0.